The molecule has 0 amide bonds. The molecule has 0 radical (unpaired) electrons. The Hall–Kier alpha value is -0.760. The smallest absolute Gasteiger partial charge is 0.0363 e. The molecule has 1 aromatic heterocycles. The van der Waals surface area contributed by atoms with E-state index in [2.05, 4.69) is 56.0 Å². The molecule has 0 unspecified atom stereocenters. The number of rotatable bonds is 5. The second-order valence-corrected chi connectivity index (χ2v) is 4.60. The van der Waals surface area contributed by atoms with Gasteiger partial charge in [-0.3, -0.25) is 0 Å². The van der Waals surface area contributed by atoms with Crippen LogP contribution in [0.1, 0.15) is 39.3 Å². The second kappa shape index (κ2) is 4.65. The predicted molar refractivity (Wildman–Crippen MR) is 61.2 cm³/mol. The lowest BCUT2D eigenvalue weighted by Crippen LogP contribution is -2.38. The Morgan fingerprint density at radius 1 is 1.43 bits per heavy atom. The van der Waals surface area contributed by atoms with Crippen LogP contribution in [0.3, 0.4) is 0 Å². The first-order valence-electron chi connectivity index (χ1n) is 5.40. The highest BCUT2D eigenvalue weighted by Crippen LogP contribution is 2.12. The van der Waals surface area contributed by atoms with Crippen LogP contribution in [0.2, 0.25) is 0 Å². The van der Waals surface area contributed by atoms with E-state index >= 15 is 0 Å². The van der Waals surface area contributed by atoms with Gasteiger partial charge < -0.3 is 9.88 Å². The maximum absolute atomic E-state index is 3.58. The number of nitrogens with one attached hydrogen (secondary N) is 1. The normalized spacial score (nSPS) is 12.0. The first-order chi connectivity index (χ1) is 6.55. The summed E-state index contributed by atoms with van der Waals surface area (Å²) in [5, 5.41) is 3.58. The average molecular weight is 194 g/mol. The van der Waals surface area contributed by atoms with Gasteiger partial charge in [0.25, 0.3) is 0 Å². The van der Waals surface area contributed by atoms with Crippen molar-refractivity contribution in [2.24, 2.45) is 7.05 Å². The Labute approximate surface area is 87.3 Å². The van der Waals surface area contributed by atoms with Crippen molar-refractivity contribution in [1.82, 2.24) is 9.88 Å². The molecule has 0 fully saturated rings. The molecule has 1 rings (SSSR count). The van der Waals surface area contributed by atoms with E-state index in [0.29, 0.717) is 0 Å². The Morgan fingerprint density at radius 2 is 2.14 bits per heavy atom. The molecule has 80 valence electrons. The van der Waals surface area contributed by atoms with Gasteiger partial charge in [-0.1, -0.05) is 13.3 Å². The fraction of sp³-hybridized carbons (Fsp3) is 0.667. The Bertz CT molecular complexity index is 274. The van der Waals surface area contributed by atoms with Crippen molar-refractivity contribution in [3.05, 3.63) is 24.0 Å². The summed E-state index contributed by atoms with van der Waals surface area (Å²) in [6.07, 6.45) is 4.54. The van der Waals surface area contributed by atoms with Crippen molar-refractivity contribution in [2.75, 3.05) is 0 Å². The number of hydrogen-bond acceptors (Lipinski definition) is 1. The lowest BCUT2D eigenvalue weighted by Gasteiger charge is -2.26. The van der Waals surface area contributed by atoms with Gasteiger partial charge in [0.05, 0.1) is 0 Å². The highest BCUT2D eigenvalue weighted by molar-refractivity contribution is 5.06. The minimum absolute atomic E-state index is 0.249. The third kappa shape index (κ3) is 3.18. The minimum Gasteiger partial charge on any atom is -0.353 e. The molecule has 1 N–H and O–H groups in total. The largest absolute Gasteiger partial charge is 0.353 e. The van der Waals surface area contributed by atoms with Crippen molar-refractivity contribution in [1.29, 1.82) is 0 Å². The molecule has 0 aromatic carbocycles. The summed E-state index contributed by atoms with van der Waals surface area (Å²) >= 11 is 0. The quantitative estimate of drug-likeness (QED) is 0.762. The van der Waals surface area contributed by atoms with E-state index in [1.807, 2.05) is 0 Å². The van der Waals surface area contributed by atoms with Gasteiger partial charge in [0.1, 0.15) is 0 Å². The maximum atomic E-state index is 3.58. The van der Waals surface area contributed by atoms with Gasteiger partial charge in [0.2, 0.25) is 0 Å². The lowest BCUT2D eigenvalue weighted by molar-refractivity contribution is 0.353. The molecule has 0 saturated carbocycles. The van der Waals surface area contributed by atoms with Crippen molar-refractivity contribution in [2.45, 2.75) is 45.7 Å². The number of aryl methyl sites for hydroxylation is 1. The van der Waals surface area contributed by atoms with E-state index in [0.717, 1.165) is 6.54 Å². The van der Waals surface area contributed by atoms with Crippen LogP contribution in [0.4, 0.5) is 0 Å². The van der Waals surface area contributed by atoms with Gasteiger partial charge in [0.15, 0.2) is 0 Å². The van der Waals surface area contributed by atoms with E-state index in [1.165, 1.54) is 18.5 Å². The molecule has 0 aliphatic heterocycles. The highest BCUT2D eigenvalue weighted by Gasteiger charge is 2.15. The molecule has 1 heterocycles. The molecule has 0 spiro atoms. The lowest BCUT2D eigenvalue weighted by atomic mass is 9.99. The van der Waals surface area contributed by atoms with Crippen LogP contribution in [0.5, 0.6) is 0 Å². The Kier molecular flexibility index (Phi) is 3.76. The van der Waals surface area contributed by atoms with Crippen molar-refractivity contribution < 1.29 is 0 Å². The maximum Gasteiger partial charge on any atom is 0.0363 e. The SMILES string of the molecule is CCCC(C)(C)NCc1cccn1C. The Balaban J connectivity index is 2.44. The standard InChI is InChI=1S/C12H22N2/c1-5-8-12(2,3)13-10-11-7-6-9-14(11)4/h6-7,9,13H,5,8,10H2,1-4H3. The molecule has 2 heteroatoms. The molecule has 14 heavy (non-hydrogen) atoms. The highest BCUT2D eigenvalue weighted by atomic mass is 15.0. The van der Waals surface area contributed by atoms with Gasteiger partial charge in [-0.25, -0.2) is 0 Å². The van der Waals surface area contributed by atoms with Crippen molar-refractivity contribution in [3.8, 4) is 0 Å². The van der Waals surface area contributed by atoms with Crippen LogP contribution in [0, 0.1) is 0 Å². The molecule has 1 aromatic rings. The monoisotopic (exact) mass is 194 g/mol. The summed E-state index contributed by atoms with van der Waals surface area (Å²) in [5.41, 5.74) is 1.59. The van der Waals surface area contributed by atoms with Crippen LogP contribution >= 0.6 is 0 Å². The van der Waals surface area contributed by atoms with E-state index in [4.69, 9.17) is 0 Å². The summed E-state index contributed by atoms with van der Waals surface area (Å²) in [7, 11) is 2.09. The second-order valence-electron chi connectivity index (χ2n) is 4.60. The number of hydrogen-bond donors (Lipinski definition) is 1. The van der Waals surface area contributed by atoms with Crippen LogP contribution < -0.4 is 5.32 Å². The van der Waals surface area contributed by atoms with Crippen LogP contribution in [0.25, 0.3) is 0 Å². The fourth-order valence-electron chi connectivity index (χ4n) is 1.72. The van der Waals surface area contributed by atoms with Gasteiger partial charge in [-0.2, -0.15) is 0 Å². The predicted octanol–water partition coefficient (Wildman–Crippen LogP) is 2.69. The third-order valence-electron chi connectivity index (χ3n) is 2.67. The van der Waals surface area contributed by atoms with E-state index < -0.39 is 0 Å². The van der Waals surface area contributed by atoms with E-state index in [-0.39, 0.29) is 5.54 Å². The molecular formula is C12H22N2. The molecular weight excluding hydrogens is 172 g/mol. The summed E-state index contributed by atoms with van der Waals surface area (Å²) in [5.74, 6) is 0. The Morgan fingerprint density at radius 3 is 2.64 bits per heavy atom. The zero-order valence-electron chi connectivity index (χ0n) is 9.80. The molecule has 0 atom stereocenters. The van der Waals surface area contributed by atoms with E-state index in [9.17, 15) is 0 Å². The summed E-state index contributed by atoms with van der Waals surface area (Å²) in [6, 6.07) is 4.25. The zero-order chi connectivity index (χ0) is 10.6. The molecule has 0 saturated heterocycles. The third-order valence-corrected chi connectivity index (χ3v) is 2.67. The summed E-state index contributed by atoms with van der Waals surface area (Å²) < 4.78 is 2.16. The zero-order valence-corrected chi connectivity index (χ0v) is 9.80. The average Bonchev–Trinajstić information content (AvgIpc) is 2.48. The van der Waals surface area contributed by atoms with Gasteiger partial charge in [0, 0.05) is 31.0 Å². The van der Waals surface area contributed by atoms with Crippen LogP contribution in [0.15, 0.2) is 18.3 Å². The number of aromatic nitrogens is 1. The molecule has 0 aliphatic rings. The number of nitrogens with zero attached hydrogens (tertiary/aromatic N) is 1. The topological polar surface area (TPSA) is 17.0 Å². The summed E-state index contributed by atoms with van der Waals surface area (Å²) in [6.45, 7) is 7.71. The van der Waals surface area contributed by atoms with Crippen LogP contribution in [-0.4, -0.2) is 10.1 Å². The molecule has 0 bridgehead atoms. The van der Waals surface area contributed by atoms with Crippen molar-refractivity contribution >= 4 is 0 Å². The van der Waals surface area contributed by atoms with E-state index in [1.54, 1.807) is 0 Å². The first-order valence-corrected chi connectivity index (χ1v) is 5.40. The molecule has 0 aliphatic carbocycles. The van der Waals surface area contributed by atoms with Crippen LogP contribution in [-0.2, 0) is 13.6 Å². The fourth-order valence-corrected chi connectivity index (χ4v) is 1.72. The minimum atomic E-state index is 0.249. The first kappa shape index (κ1) is 11.3. The van der Waals surface area contributed by atoms with Crippen molar-refractivity contribution in [3.63, 3.8) is 0 Å². The summed E-state index contributed by atoms with van der Waals surface area (Å²) in [4.78, 5) is 0. The van der Waals surface area contributed by atoms with Gasteiger partial charge in [-0.05, 0) is 32.4 Å². The molecule has 2 nitrogen and oxygen atoms in total. The van der Waals surface area contributed by atoms with Gasteiger partial charge >= 0.3 is 0 Å². The van der Waals surface area contributed by atoms with Gasteiger partial charge in [-0.15, -0.1) is 0 Å².